The molecule has 0 saturated carbocycles. The molecule has 1 aromatic heterocycles. The van der Waals surface area contributed by atoms with Crippen molar-refractivity contribution in [1.82, 2.24) is 9.97 Å². The second-order valence-electron chi connectivity index (χ2n) is 3.61. The molecule has 0 unspecified atom stereocenters. The Labute approximate surface area is 107 Å². The summed E-state index contributed by atoms with van der Waals surface area (Å²) in [6, 6.07) is 1.52. The molecule has 2 N–H and O–H groups in total. The van der Waals surface area contributed by atoms with E-state index >= 15 is 0 Å². The number of rotatable bonds is 6. The summed E-state index contributed by atoms with van der Waals surface area (Å²) in [5.74, 6) is -2.23. The summed E-state index contributed by atoms with van der Waals surface area (Å²) >= 11 is 3.19. The number of nitrogens with one attached hydrogen (secondary N) is 1. The molecule has 0 spiro atoms. The maximum absolute atomic E-state index is 12.8. The van der Waals surface area contributed by atoms with E-state index < -0.39 is 19.1 Å². The van der Waals surface area contributed by atoms with Crippen LogP contribution in [0.2, 0.25) is 0 Å². The normalized spacial score (nSPS) is 11.6. The van der Waals surface area contributed by atoms with Gasteiger partial charge in [0.2, 0.25) is 0 Å². The van der Waals surface area contributed by atoms with E-state index in [-0.39, 0.29) is 0 Å². The zero-order valence-corrected chi connectivity index (χ0v) is 11.0. The Morgan fingerprint density at radius 1 is 1.47 bits per heavy atom. The van der Waals surface area contributed by atoms with Crippen LogP contribution in [0.4, 0.5) is 14.6 Å². The number of aliphatic hydroxyl groups excluding tert-OH is 1. The van der Waals surface area contributed by atoms with E-state index in [2.05, 4.69) is 31.2 Å². The Kier molecular flexibility index (Phi) is 5.20. The summed E-state index contributed by atoms with van der Waals surface area (Å²) in [6.45, 7) is 0.143. The van der Waals surface area contributed by atoms with E-state index in [1.54, 1.807) is 0 Å². The average Bonchev–Trinajstić information content (AvgIpc) is 2.26. The highest BCUT2D eigenvalue weighted by atomic mass is 79.9. The minimum Gasteiger partial charge on any atom is -0.390 e. The number of halogens is 3. The lowest BCUT2D eigenvalue weighted by molar-refractivity contribution is -0.0373. The van der Waals surface area contributed by atoms with Crippen LogP contribution in [-0.4, -0.2) is 34.1 Å². The van der Waals surface area contributed by atoms with Crippen LogP contribution < -0.4 is 5.32 Å². The van der Waals surface area contributed by atoms with Gasteiger partial charge in [-0.05, 0) is 22.4 Å². The van der Waals surface area contributed by atoms with Gasteiger partial charge in [0.05, 0.1) is 6.54 Å². The molecular formula is C10H14BrF2N3O. The number of nitrogens with zero attached hydrogens (tertiary/aromatic N) is 2. The van der Waals surface area contributed by atoms with Crippen molar-refractivity contribution in [2.45, 2.75) is 25.7 Å². The molecule has 0 radical (unpaired) electrons. The Morgan fingerprint density at radius 2 is 2.18 bits per heavy atom. The minimum atomic E-state index is -3.15. The summed E-state index contributed by atoms with van der Waals surface area (Å²) in [4.78, 5) is 8.21. The van der Waals surface area contributed by atoms with Crippen molar-refractivity contribution in [3.63, 3.8) is 0 Å². The van der Waals surface area contributed by atoms with Crippen molar-refractivity contribution in [3.8, 4) is 0 Å². The van der Waals surface area contributed by atoms with Gasteiger partial charge in [-0.15, -0.1) is 0 Å². The quantitative estimate of drug-likeness (QED) is 0.791. The van der Waals surface area contributed by atoms with Crippen LogP contribution in [0, 0.1) is 0 Å². The van der Waals surface area contributed by atoms with Gasteiger partial charge < -0.3 is 10.4 Å². The van der Waals surface area contributed by atoms with Crippen molar-refractivity contribution in [2.24, 2.45) is 0 Å². The summed E-state index contributed by atoms with van der Waals surface area (Å²) in [6.07, 6.45) is 1.56. The molecule has 0 bridgehead atoms. The molecule has 0 fully saturated rings. The summed E-state index contributed by atoms with van der Waals surface area (Å²) in [7, 11) is 0. The fourth-order valence-electron chi connectivity index (χ4n) is 1.17. The van der Waals surface area contributed by atoms with E-state index in [0.29, 0.717) is 22.7 Å². The second kappa shape index (κ2) is 6.20. The van der Waals surface area contributed by atoms with Crippen molar-refractivity contribution in [3.05, 3.63) is 16.5 Å². The highest BCUT2D eigenvalue weighted by Gasteiger charge is 2.27. The smallest absolute Gasteiger partial charge is 0.287 e. The van der Waals surface area contributed by atoms with Gasteiger partial charge in [0.25, 0.3) is 5.92 Å². The average molecular weight is 310 g/mol. The Balaban J connectivity index is 2.70. The predicted octanol–water partition coefficient (Wildman–Crippen LogP) is 2.23. The first kappa shape index (κ1) is 14.2. The Bertz CT molecular complexity index is 377. The van der Waals surface area contributed by atoms with Gasteiger partial charge in [-0.25, -0.2) is 18.7 Å². The van der Waals surface area contributed by atoms with Gasteiger partial charge in [-0.2, -0.15) is 0 Å². The molecule has 0 aliphatic heterocycles. The lowest BCUT2D eigenvalue weighted by Gasteiger charge is -2.14. The minimum absolute atomic E-state index is 0.323. The van der Waals surface area contributed by atoms with Crippen molar-refractivity contribution < 1.29 is 13.9 Å². The van der Waals surface area contributed by atoms with Crippen molar-refractivity contribution in [2.75, 3.05) is 18.5 Å². The molecule has 7 heteroatoms. The second-order valence-corrected chi connectivity index (χ2v) is 4.42. The third-order valence-corrected chi connectivity index (χ3v) is 2.38. The molecule has 0 amide bonds. The molecule has 0 aromatic carbocycles. The number of aliphatic hydroxyl groups is 1. The largest absolute Gasteiger partial charge is 0.390 e. The van der Waals surface area contributed by atoms with Crippen molar-refractivity contribution in [1.29, 1.82) is 0 Å². The van der Waals surface area contributed by atoms with Gasteiger partial charge in [0, 0.05) is 12.5 Å². The van der Waals surface area contributed by atoms with Crippen LogP contribution in [0.1, 0.15) is 19.2 Å². The standard InChI is InChI=1S/C10H14BrF2N3O/c1-2-3-8-15-7(11)4-9(16-8)14-5-10(12,13)6-17/h4,17H,2-3,5-6H2,1H3,(H,14,15,16). The molecule has 1 aromatic rings. The van der Waals surface area contributed by atoms with Crippen LogP contribution in [0.3, 0.4) is 0 Å². The number of aromatic nitrogens is 2. The van der Waals surface area contributed by atoms with Crippen molar-refractivity contribution >= 4 is 21.7 Å². The van der Waals surface area contributed by atoms with Crippen LogP contribution in [0.25, 0.3) is 0 Å². The number of hydrogen-bond donors (Lipinski definition) is 2. The molecule has 0 aliphatic rings. The van der Waals surface area contributed by atoms with Gasteiger partial charge in [0.1, 0.15) is 22.9 Å². The first-order valence-electron chi connectivity index (χ1n) is 5.23. The zero-order chi connectivity index (χ0) is 12.9. The highest BCUT2D eigenvalue weighted by molar-refractivity contribution is 9.10. The Hall–Kier alpha value is -0.820. The molecular weight excluding hydrogens is 296 g/mol. The number of hydrogen-bond acceptors (Lipinski definition) is 4. The number of anilines is 1. The van der Waals surface area contributed by atoms with E-state index in [4.69, 9.17) is 5.11 Å². The third-order valence-electron chi connectivity index (χ3n) is 1.97. The molecule has 96 valence electrons. The summed E-state index contributed by atoms with van der Waals surface area (Å²) in [5.41, 5.74) is 0. The van der Waals surface area contributed by atoms with Crippen LogP contribution >= 0.6 is 15.9 Å². The van der Waals surface area contributed by atoms with E-state index in [9.17, 15) is 8.78 Å². The topological polar surface area (TPSA) is 58.0 Å². The van der Waals surface area contributed by atoms with Gasteiger partial charge in [0.15, 0.2) is 0 Å². The third kappa shape index (κ3) is 4.91. The number of alkyl halides is 2. The first-order chi connectivity index (χ1) is 7.96. The fraction of sp³-hybridized carbons (Fsp3) is 0.600. The monoisotopic (exact) mass is 309 g/mol. The van der Waals surface area contributed by atoms with Crippen LogP contribution in [0.5, 0.6) is 0 Å². The predicted molar refractivity (Wildman–Crippen MR) is 64.2 cm³/mol. The van der Waals surface area contributed by atoms with Gasteiger partial charge in [-0.1, -0.05) is 6.92 Å². The van der Waals surface area contributed by atoms with Gasteiger partial charge >= 0.3 is 0 Å². The first-order valence-corrected chi connectivity index (χ1v) is 6.02. The molecule has 1 heterocycles. The maximum atomic E-state index is 12.8. The lowest BCUT2D eigenvalue weighted by atomic mass is 10.3. The van der Waals surface area contributed by atoms with Crippen LogP contribution in [-0.2, 0) is 6.42 Å². The number of aryl methyl sites for hydroxylation is 1. The highest BCUT2D eigenvalue weighted by Crippen LogP contribution is 2.16. The molecule has 1 rings (SSSR count). The summed E-state index contributed by atoms with van der Waals surface area (Å²) in [5, 5.41) is 10.9. The van der Waals surface area contributed by atoms with Gasteiger partial charge in [-0.3, -0.25) is 0 Å². The SMILES string of the molecule is CCCc1nc(Br)cc(NCC(F)(F)CO)n1. The van der Waals surface area contributed by atoms with E-state index in [1.165, 1.54) is 6.07 Å². The van der Waals surface area contributed by atoms with E-state index in [0.717, 1.165) is 6.42 Å². The van der Waals surface area contributed by atoms with Crippen LogP contribution in [0.15, 0.2) is 10.7 Å². The lowest BCUT2D eigenvalue weighted by Crippen LogP contribution is -2.31. The molecule has 0 aliphatic carbocycles. The molecule has 17 heavy (non-hydrogen) atoms. The molecule has 4 nitrogen and oxygen atoms in total. The molecule has 0 saturated heterocycles. The fourth-order valence-corrected chi connectivity index (χ4v) is 1.59. The Morgan fingerprint density at radius 3 is 2.76 bits per heavy atom. The zero-order valence-electron chi connectivity index (χ0n) is 9.38. The molecule has 0 atom stereocenters. The summed E-state index contributed by atoms with van der Waals surface area (Å²) < 4.78 is 26.2. The van der Waals surface area contributed by atoms with E-state index in [1.807, 2.05) is 6.92 Å². The maximum Gasteiger partial charge on any atom is 0.287 e.